The molecule has 1 saturated carbocycles. The number of halogens is 2. The SMILES string of the molecule is NC(=O)OC1CCC(CCCN2CCC(Cc3cc(Cl)ccc3Br)CC2)CC1. The molecule has 0 radical (unpaired) electrons. The molecule has 156 valence electrons. The van der Waals surface area contributed by atoms with Crippen molar-refractivity contribution in [1.29, 1.82) is 0 Å². The Morgan fingerprint density at radius 2 is 1.86 bits per heavy atom. The first-order valence-corrected chi connectivity index (χ1v) is 11.8. The van der Waals surface area contributed by atoms with E-state index in [2.05, 4.69) is 33.0 Å². The van der Waals surface area contributed by atoms with Gasteiger partial charge in [0.2, 0.25) is 0 Å². The fourth-order valence-electron chi connectivity index (χ4n) is 4.73. The Bertz CT molecular complexity index is 641. The van der Waals surface area contributed by atoms with Crippen LogP contribution in [-0.2, 0) is 11.2 Å². The van der Waals surface area contributed by atoms with Crippen molar-refractivity contribution in [3.63, 3.8) is 0 Å². The number of rotatable bonds is 7. The van der Waals surface area contributed by atoms with Crippen molar-refractivity contribution in [3.8, 4) is 0 Å². The molecule has 6 heteroatoms. The Kier molecular flexibility index (Phi) is 8.49. The van der Waals surface area contributed by atoms with E-state index in [0.717, 1.165) is 49.0 Å². The molecule has 2 aliphatic rings. The minimum atomic E-state index is -0.630. The first-order valence-electron chi connectivity index (χ1n) is 10.6. The van der Waals surface area contributed by atoms with Crippen LogP contribution in [0.25, 0.3) is 0 Å². The lowest BCUT2D eigenvalue weighted by molar-refractivity contribution is 0.0688. The van der Waals surface area contributed by atoms with Crippen molar-refractivity contribution in [2.75, 3.05) is 19.6 Å². The zero-order valence-electron chi connectivity index (χ0n) is 16.5. The first kappa shape index (κ1) is 21.9. The molecule has 0 spiro atoms. The molecule has 0 unspecified atom stereocenters. The van der Waals surface area contributed by atoms with Crippen molar-refractivity contribution in [2.45, 2.75) is 63.9 Å². The Morgan fingerprint density at radius 1 is 1.14 bits per heavy atom. The number of hydrogen-bond acceptors (Lipinski definition) is 3. The smallest absolute Gasteiger partial charge is 0.404 e. The van der Waals surface area contributed by atoms with Gasteiger partial charge in [-0.3, -0.25) is 0 Å². The second-order valence-electron chi connectivity index (χ2n) is 8.45. The van der Waals surface area contributed by atoms with E-state index in [1.165, 1.54) is 55.4 Å². The predicted octanol–water partition coefficient (Wildman–Crippen LogP) is 5.79. The van der Waals surface area contributed by atoms with Crippen molar-refractivity contribution in [1.82, 2.24) is 4.90 Å². The average molecular weight is 472 g/mol. The van der Waals surface area contributed by atoms with Crippen LogP contribution in [0, 0.1) is 11.8 Å². The fraction of sp³-hybridized carbons (Fsp3) is 0.682. The summed E-state index contributed by atoms with van der Waals surface area (Å²) in [7, 11) is 0. The quantitative estimate of drug-likeness (QED) is 0.547. The third-order valence-corrected chi connectivity index (χ3v) is 7.40. The third-order valence-electron chi connectivity index (χ3n) is 6.39. The zero-order valence-corrected chi connectivity index (χ0v) is 18.9. The van der Waals surface area contributed by atoms with E-state index in [0.29, 0.717) is 0 Å². The van der Waals surface area contributed by atoms with Gasteiger partial charge in [0.1, 0.15) is 6.10 Å². The van der Waals surface area contributed by atoms with E-state index >= 15 is 0 Å². The molecule has 1 saturated heterocycles. The topological polar surface area (TPSA) is 55.6 Å². The van der Waals surface area contributed by atoms with E-state index in [9.17, 15) is 4.79 Å². The number of primary amides is 1. The van der Waals surface area contributed by atoms with Crippen LogP contribution < -0.4 is 5.73 Å². The number of likely N-dealkylation sites (tertiary alicyclic amines) is 1. The Hall–Kier alpha value is -0.780. The lowest BCUT2D eigenvalue weighted by Gasteiger charge is -2.33. The van der Waals surface area contributed by atoms with Crippen molar-refractivity contribution in [2.24, 2.45) is 17.6 Å². The number of amides is 1. The minimum Gasteiger partial charge on any atom is -0.446 e. The summed E-state index contributed by atoms with van der Waals surface area (Å²) in [5.41, 5.74) is 6.45. The van der Waals surface area contributed by atoms with Gasteiger partial charge in [-0.2, -0.15) is 0 Å². The van der Waals surface area contributed by atoms with Gasteiger partial charge in [0, 0.05) is 9.50 Å². The van der Waals surface area contributed by atoms with E-state index in [1.54, 1.807) is 0 Å². The summed E-state index contributed by atoms with van der Waals surface area (Å²) in [6.07, 6.45) is 9.91. The Labute approximate surface area is 182 Å². The van der Waals surface area contributed by atoms with E-state index < -0.39 is 6.09 Å². The lowest BCUT2D eigenvalue weighted by atomic mass is 9.84. The fourth-order valence-corrected chi connectivity index (χ4v) is 5.33. The first-order chi connectivity index (χ1) is 13.5. The van der Waals surface area contributed by atoms with E-state index in [4.69, 9.17) is 22.1 Å². The number of hydrogen-bond donors (Lipinski definition) is 1. The lowest BCUT2D eigenvalue weighted by Crippen LogP contribution is -2.35. The largest absolute Gasteiger partial charge is 0.446 e. The molecular weight excluding hydrogens is 440 g/mol. The van der Waals surface area contributed by atoms with Gasteiger partial charge < -0.3 is 15.4 Å². The van der Waals surface area contributed by atoms with Crippen LogP contribution in [0.4, 0.5) is 4.79 Å². The number of carbonyl (C=O) groups excluding carboxylic acids is 1. The summed E-state index contributed by atoms with van der Waals surface area (Å²) in [6, 6.07) is 6.09. The molecule has 28 heavy (non-hydrogen) atoms. The monoisotopic (exact) mass is 470 g/mol. The highest BCUT2D eigenvalue weighted by molar-refractivity contribution is 9.10. The summed E-state index contributed by atoms with van der Waals surface area (Å²) in [6.45, 7) is 3.63. The van der Waals surface area contributed by atoms with Crippen molar-refractivity contribution < 1.29 is 9.53 Å². The molecule has 1 heterocycles. The van der Waals surface area contributed by atoms with E-state index in [1.807, 2.05) is 6.07 Å². The van der Waals surface area contributed by atoms with Crippen LogP contribution in [0.1, 0.15) is 56.9 Å². The average Bonchev–Trinajstić information content (AvgIpc) is 2.67. The van der Waals surface area contributed by atoms with Crippen LogP contribution in [0.15, 0.2) is 22.7 Å². The molecule has 1 aliphatic heterocycles. The van der Waals surface area contributed by atoms with Crippen molar-refractivity contribution >= 4 is 33.6 Å². The molecule has 2 fully saturated rings. The number of benzene rings is 1. The molecule has 0 bridgehead atoms. The van der Waals surface area contributed by atoms with Crippen LogP contribution >= 0.6 is 27.5 Å². The molecule has 0 atom stereocenters. The Morgan fingerprint density at radius 3 is 2.54 bits per heavy atom. The van der Waals surface area contributed by atoms with Crippen LogP contribution in [0.2, 0.25) is 5.02 Å². The van der Waals surface area contributed by atoms with Crippen LogP contribution in [-0.4, -0.2) is 36.7 Å². The second-order valence-corrected chi connectivity index (χ2v) is 9.74. The summed E-state index contributed by atoms with van der Waals surface area (Å²) in [5.74, 6) is 1.54. The summed E-state index contributed by atoms with van der Waals surface area (Å²) >= 11 is 9.81. The second kappa shape index (κ2) is 10.8. The van der Waals surface area contributed by atoms with Crippen LogP contribution in [0.3, 0.4) is 0 Å². The standard InChI is InChI=1S/C22H32BrClN2O2/c23-21-8-5-19(24)15-18(21)14-17-9-12-26(13-10-17)11-1-2-16-3-6-20(7-4-16)28-22(25)27/h5,8,15-17,20H,1-4,6-7,9-14H2,(H2,25,27). The maximum atomic E-state index is 10.8. The summed E-state index contributed by atoms with van der Waals surface area (Å²) in [4.78, 5) is 13.5. The van der Waals surface area contributed by atoms with E-state index in [-0.39, 0.29) is 6.10 Å². The number of carbonyl (C=O) groups is 1. The van der Waals surface area contributed by atoms with Gasteiger partial charge >= 0.3 is 6.09 Å². The highest BCUT2D eigenvalue weighted by atomic mass is 79.9. The highest BCUT2D eigenvalue weighted by Crippen LogP contribution is 2.30. The Balaban J connectivity index is 1.30. The zero-order chi connectivity index (χ0) is 19.9. The van der Waals surface area contributed by atoms with Gasteiger partial charge in [0.15, 0.2) is 0 Å². The molecule has 1 aromatic carbocycles. The number of piperidine rings is 1. The third kappa shape index (κ3) is 6.93. The molecule has 3 rings (SSSR count). The number of nitrogens with zero attached hydrogens (tertiary/aromatic N) is 1. The molecule has 1 aromatic rings. The minimum absolute atomic E-state index is 0.0484. The van der Waals surface area contributed by atoms with Gasteiger partial charge in [-0.05, 0) is 113 Å². The predicted molar refractivity (Wildman–Crippen MR) is 118 cm³/mol. The summed E-state index contributed by atoms with van der Waals surface area (Å²) in [5, 5.41) is 0.825. The van der Waals surface area contributed by atoms with Gasteiger partial charge in [-0.25, -0.2) is 4.79 Å². The molecule has 4 nitrogen and oxygen atoms in total. The maximum absolute atomic E-state index is 10.8. The van der Waals surface area contributed by atoms with Gasteiger partial charge in [-0.1, -0.05) is 27.5 Å². The van der Waals surface area contributed by atoms with Gasteiger partial charge in [-0.15, -0.1) is 0 Å². The molecule has 1 aliphatic carbocycles. The summed E-state index contributed by atoms with van der Waals surface area (Å²) < 4.78 is 6.30. The number of nitrogens with two attached hydrogens (primary N) is 1. The van der Waals surface area contributed by atoms with Crippen LogP contribution in [0.5, 0.6) is 0 Å². The van der Waals surface area contributed by atoms with Crippen molar-refractivity contribution in [3.05, 3.63) is 33.3 Å². The maximum Gasteiger partial charge on any atom is 0.404 e. The number of ether oxygens (including phenoxy) is 1. The molecule has 0 aromatic heterocycles. The molecule has 2 N–H and O–H groups in total. The highest BCUT2D eigenvalue weighted by Gasteiger charge is 2.24. The molecular formula is C22H32BrClN2O2. The van der Waals surface area contributed by atoms with Gasteiger partial charge in [0.05, 0.1) is 0 Å². The normalized spacial score (nSPS) is 24.2. The van der Waals surface area contributed by atoms with Gasteiger partial charge in [0.25, 0.3) is 0 Å². The molecule has 1 amide bonds.